The highest BCUT2D eigenvalue weighted by Gasteiger charge is 2.17. The zero-order valence-electron chi connectivity index (χ0n) is 11.3. The Balaban J connectivity index is 0.00000220. The summed E-state index contributed by atoms with van der Waals surface area (Å²) in [7, 11) is 0. The van der Waals surface area contributed by atoms with Crippen molar-refractivity contribution in [3.8, 4) is 12.3 Å². The van der Waals surface area contributed by atoms with Crippen LogP contribution in [0.1, 0.15) is 11.6 Å². The first-order valence-electron chi connectivity index (χ1n) is 6.19. The van der Waals surface area contributed by atoms with Crippen LogP contribution in [-0.4, -0.2) is 37.2 Å². The molecule has 7 heteroatoms. The van der Waals surface area contributed by atoms with Gasteiger partial charge in [0.25, 0.3) is 0 Å². The van der Waals surface area contributed by atoms with Crippen LogP contribution in [0.5, 0.6) is 0 Å². The Hall–Kier alpha value is -1.04. The fraction of sp³-hybridized carbons (Fsp3) is 0.357. The van der Waals surface area contributed by atoms with E-state index < -0.39 is 11.9 Å². The van der Waals surface area contributed by atoms with Gasteiger partial charge in [0.2, 0.25) is 0 Å². The van der Waals surface area contributed by atoms with Gasteiger partial charge in [-0.15, -0.1) is 30.4 Å². The van der Waals surface area contributed by atoms with Crippen LogP contribution in [-0.2, 0) is 4.74 Å². The van der Waals surface area contributed by atoms with Gasteiger partial charge in [-0.3, -0.25) is 0 Å². The molecule has 2 rings (SSSR count). The molecule has 1 aromatic carbocycles. The summed E-state index contributed by atoms with van der Waals surface area (Å²) < 4.78 is 19.1. The standard InChI is InChI=1S/C14H15ClFN3O.HI/c1-2-13(11-4-3-10(15)9-12(11)16)18-14(17)19-5-7-20-8-6-19;/h1,3-4,9,13H,5-8H2,(H2,17,18);1H. The molecule has 1 atom stereocenters. The van der Waals surface area contributed by atoms with Crippen LogP contribution in [0.3, 0.4) is 0 Å². The monoisotopic (exact) mass is 423 g/mol. The van der Waals surface area contributed by atoms with Crippen molar-refractivity contribution in [1.82, 2.24) is 4.90 Å². The number of hydrogen-bond donors (Lipinski definition) is 1. The first-order chi connectivity index (χ1) is 9.61. The summed E-state index contributed by atoms with van der Waals surface area (Å²) in [4.78, 5) is 6.09. The number of morpholine rings is 1. The third kappa shape index (κ3) is 4.73. The second kappa shape index (κ2) is 8.41. The number of rotatable bonds is 2. The molecule has 0 bridgehead atoms. The molecule has 0 saturated carbocycles. The topological polar surface area (TPSA) is 50.8 Å². The lowest BCUT2D eigenvalue weighted by Gasteiger charge is -2.28. The normalized spacial score (nSPS) is 16.8. The SMILES string of the molecule is C#CC(N=C(N)N1CCOCC1)c1ccc(Cl)cc1F.I. The minimum absolute atomic E-state index is 0. The summed E-state index contributed by atoms with van der Waals surface area (Å²) >= 11 is 5.72. The lowest BCUT2D eigenvalue weighted by molar-refractivity contribution is 0.0673. The lowest BCUT2D eigenvalue weighted by atomic mass is 10.1. The molecule has 1 unspecified atom stereocenters. The number of halogens is 3. The van der Waals surface area contributed by atoms with E-state index in [1.807, 2.05) is 4.90 Å². The molecule has 1 aromatic rings. The molecule has 2 N–H and O–H groups in total. The minimum atomic E-state index is -0.768. The fourth-order valence-electron chi connectivity index (χ4n) is 1.93. The maximum atomic E-state index is 13.9. The van der Waals surface area contributed by atoms with Crippen molar-refractivity contribution in [1.29, 1.82) is 0 Å². The van der Waals surface area contributed by atoms with Crippen molar-refractivity contribution in [2.45, 2.75) is 6.04 Å². The molecule has 114 valence electrons. The molecule has 0 spiro atoms. The van der Waals surface area contributed by atoms with Crippen molar-refractivity contribution >= 4 is 41.5 Å². The first-order valence-corrected chi connectivity index (χ1v) is 6.56. The average Bonchev–Trinajstić information content (AvgIpc) is 2.46. The van der Waals surface area contributed by atoms with Gasteiger partial charge in [0.05, 0.1) is 13.2 Å². The second-order valence-electron chi connectivity index (χ2n) is 4.32. The van der Waals surface area contributed by atoms with Gasteiger partial charge in [0.15, 0.2) is 5.96 Å². The Labute approximate surface area is 145 Å². The Bertz CT molecular complexity index is 556. The summed E-state index contributed by atoms with van der Waals surface area (Å²) in [5, 5.41) is 0.312. The van der Waals surface area contributed by atoms with E-state index in [0.717, 1.165) is 0 Å². The van der Waals surface area contributed by atoms with Gasteiger partial charge in [0.1, 0.15) is 11.9 Å². The van der Waals surface area contributed by atoms with Crippen LogP contribution in [0.2, 0.25) is 5.02 Å². The van der Waals surface area contributed by atoms with Crippen LogP contribution in [0.15, 0.2) is 23.2 Å². The molecule has 0 aromatic heterocycles. The molecule has 1 fully saturated rings. The number of hydrogen-bond acceptors (Lipinski definition) is 2. The number of guanidine groups is 1. The fourth-order valence-corrected chi connectivity index (χ4v) is 2.09. The van der Waals surface area contributed by atoms with Gasteiger partial charge in [-0.25, -0.2) is 9.38 Å². The van der Waals surface area contributed by atoms with Gasteiger partial charge in [-0.1, -0.05) is 23.6 Å². The predicted octanol–water partition coefficient (Wildman–Crippen LogP) is 2.42. The first kappa shape index (κ1) is 18.0. The molecule has 0 amide bonds. The molecule has 1 aliphatic rings. The maximum Gasteiger partial charge on any atom is 0.193 e. The molecule has 21 heavy (non-hydrogen) atoms. The van der Waals surface area contributed by atoms with Gasteiger partial charge >= 0.3 is 0 Å². The maximum absolute atomic E-state index is 13.9. The van der Waals surface area contributed by atoms with E-state index in [0.29, 0.717) is 37.3 Å². The Morgan fingerprint density at radius 2 is 2.14 bits per heavy atom. The number of ether oxygens (including phenoxy) is 1. The zero-order chi connectivity index (χ0) is 14.5. The molecule has 0 aliphatic carbocycles. The minimum Gasteiger partial charge on any atom is -0.378 e. The summed E-state index contributed by atoms with van der Waals surface area (Å²) in [6.45, 7) is 2.48. The molecule has 0 radical (unpaired) electrons. The summed E-state index contributed by atoms with van der Waals surface area (Å²) in [6.07, 6.45) is 5.43. The molecule has 1 heterocycles. The highest BCUT2D eigenvalue weighted by Crippen LogP contribution is 2.23. The smallest absolute Gasteiger partial charge is 0.193 e. The number of aliphatic imine (C=N–C) groups is 1. The van der Waals surface area contributed by atoms with Crippen molar-refractivity contribution in [3.05, 3.63) is 34.6 Å². The highest BCUT2D eigenvalue weighted by atomic mass is 127. The van der Waals surface area contributed by atoms with E-state index in [1.54, 1.807) is 6.07 Å². The Kier molecular flexibility index (Phi) is 7.22. The Morgan fingerprint density at radius 3 is 2.71 bits per heavy atom. The van der Waals surface area contributed by atoms with Gasteiger partial charge in [-0.2, -0.15) is 0 Å². The van der Waals surface area contributed by atoms with E-state index >= 15 is 0 Å². The summed E-state index contributed by atoms with van der Waals surface area (Å²) in [6, 6.07) is 3.54. The van der Waals surface area contributed by atoms with E-state index in [4.69, 9.17) is 28.5 Å². The molecule has 1 saturated heterocycles. The van der Waals surface area contributed by atoms with Gasteiger partial charge in [0, 0.05) is 23.7 Å². The summed E-state index contributed by atoms with van der Waals surface area (Å²) in [5.74, 6) is 2.25. The molecular weight excluding hydrogens is 408 g/mol. The zero-order valence-corrected chi connectivity index (χ0v) is 14.3. The van der Waals surface area contributed by atoms with Crippen LogP contribution in [0.25, 0.3) is 0 Å². The molecule has 4 nitrogen and oxygen atoms in total. The van der Waals surface area contributed by atoms with Gasteiger partial charge in [-0.05, 0) is 12.1 Å². The largest absolute Gasteiger partial charge is 0.378 e. The van der Waals surface area contributed by atoms with Gasteiger partial charge < -0.3 is 15.4 Å². The van der Waals surface area contributed by atoms with Crippen LogP contribution < -0.4 is 5.73 Å². The van der Waals surface area contributed by atoms with E-state index in [2.05, 4.69) is 10.9 Å². The van der Waals surface area contributed by atoms with Crippen LogP contribution in [0, 0.1) is 18.2 Å². The number of terminal acetylenes is 1. The van der Waals surface area contributed by atoms with Crippen molar-refractivity contribution < 1.29 is 9.13 Å². The lowest BCUT2D eigenvalue weighted by Crippen LogP contribution is -2.45. The van der Waals surface area contributed by atoms with Crippen molar-refractivity contribution in [3.63, 3.8) is 0 Å². The number of nitrogens with zero attached hydrogens (tertiary/aromatic N) is 2. The van der Waals surface area contributed by atoms with E-state index in [9.17, 15) is 4.39 Å². The molecule has 1 aliphatic heterocycles. The van der Waals surface area contributed by atoms with E-state index in [1.165, 1.54) is 12.1 Å². The average molecular weight is 424 g/mol. The third-order valence-electron chi connectivity index (χ3n) is 3.01. The highest BCUT2D eigenvalue weighted by molar-refractivity contribution is 14.0. The van der Waals surface area contributed by atoms with Crippen molar-refractivity contribution in [2.75, 3.05) is 26.3 Å². The molecular formula is C14H16ClFIN3O. The second-order valence-corrected chi connectivity index (χ2v) is 4.76. The summed E-state index contributed by atoms with van der Waals surface area (Å²) in [5.41, 5.74) is 6.20. The predicted molar refractivity (Wildman–Crippen MR) is 92.4 cm³/mol. The number of nitrogens with two attached hydrogens (primary N) is 1. The number of benzene rings is 1. The third-order valence-corrected chi connectivity index (χ3v) is 3.25. The Morgan fingerprint density at radius 1 is 1.48 bits per heavy atom. The quantitative estimate of drug-likeness (QED) is 0.344. The van der Waals surface area contributed by atoms with Crippen LogP contribution in [0.4, 0.5) is 4.39 Å². The van der Waals surface area contributed by atoms with Crippen LogP contribution >= 0.6 is 35.6 Å². The van der Waals surface area contributed by atoms with Crippen molar-refractivity contribution in [2.24, 2.45) is 10.7 Å². The van der Waals surface area contributed by atoms with E-state index in [-0.39, 0.29) is 29.5 Å².